The highest BCUT2D eigenvalue weighted by molar-refractivity contribution is 5.88. The van der Waals surface area contributed by atoms with Gasteiger partial charge in [-0.3, -0.25) is 9.59 Å². The molecule has 1 amide bonds. The van der Waals surface area contributed by atoms with E-state index in [0.29, 0.717) is 5.56 Å². The molecule has 0 fully saturated rings. The van der Waals surface area contributed by atoms with Gasteiger partial charge in [-0.1, -0.05) is 37.3 Å². The number of methoxy groups -OCH3 is 3. The van der Waals surface area contributed by atoms with E-state index in [9.17, 15) is 14.4 Å². The van der Waals surface area contributed by atoms with Crippen molar-refractivity contribution >= 4 is 17.8 Å². The SMILES string of the molecule is COC(=O)C[C@H](C)[C@H](NC(=O)[C@H](OC)c1ccccc1)C(=O)OC. The Labute approximate surface area is 141 Å². The first-order chi connectivity index (χ1) is 11.4. The van der Waals surface area contributed by atoms with Crippen molar-refractivity contribution in [3.63, 3.8) is 0 Å². The van der Waals surface area contributed by atoms with Crippen LogP contribution in [0.25, 0.3) is 0 Å². The van der Waals surface area contributed by atoms with E-state index in [2.05, 4.69) is 10.1 Å². The second-order valence-corrected chi connectivity index (χ2v) is 5.29. The zero-order chi connectivity index (χ0) is 18.1. The normalized spacial score (nSPS) is 14.2. The average molecular weight is 337 g/mol. The summed E-state index contributed by atoms with van der Waals surface area (Å²) in [6.45, 7) is 1.66. The van der Waals surface area contributed by atoms with E-state index in [1.807, 2.05) is 6.07 Å². The number of hydrogen-bond acceptors (Lipinski definition) is 6. The fraction of sp³-hybridized carbons (Fsp3) is 0.471. The molecule has 1 aromatic rings. The van der Waals surface area contributed by atoms with Crippen molar-refractivity contribution in [1.82, 2.24) is 5.32 Å². The van der Waals surface area contributed by atoms with Gasteiger partial charge in [0.05, 0.1) is 20.6 Å². The molecule has 0 spiro atoms. The van der Waals surface area contributed by atoms with E-state index in [1.165, 1.54) is 21.3 Å². The van der Waals surface area contributed by atoms with Crippen molar-refractivity contribution in [3.05, 3.63) is 35.9 Å². The monoisotopic (exact) mass is 337 g/mol. The third-order valence-corrected chi connectivity index (χ3v) is 3.61. The topological polar surface area (TPSA) is 90.9 Å². The highest BCUT2D eigenvalue weighted by Crippen LogP contribution is 2.18. The highest BCUT2D eigenvalue weighted by Gasteiger charge is 2.32. The summed E-state index contributed by atoms with van der Waals surface area (Å²) < 4.78 is 14.6. The summed E-state index contributed by atoms with van der Waals surface area (Å²) in [7, 11) is 3.89. The predicted molar refractivity (Wildman–Crippen MR) is 85.9 cm³/mol. The van der Waals surface area contributed by atoms with E-state index in [1.54, 1.807) is 31.2 Å². The van der Waals surface area contributed by atoms with Gasteiger partial charge in [-0.2, -0.15) is 0 Å². The molecule has 0 aliphatic rings. The number of carbonyl (C=O) groups excluding carboxylic acids is 3. The molecule has 1 aromatic carbocycles. The van der Waals surface area contributed by atoms with E-state index in [-0.39, 0.29) is 6.42 Å². The maximum Gasteiger partial charge on any atom is 0.328 e. The van der Waals surface area contributed by atoms with Crippen molar-refractivity contribution in [1.29, 1.82) is 0 Å². The van der Waals surface area contributed by atoms with Crippen molar-refractivity contribution in [2.75, 3.05) is 21.3 Å². The van der Waals surface area contributed by atoms with E-state index >= 15 is 0 Å². The van der Waals surface area contributed by atoms with Gasteiger partial charge in [0.2, 0.25) is 0 Å². The average Bonchev–Trinajstić information content (AvgIpc) is 2.60. The molecule has 0 saturated heterocycles. The Kier molecular flexibility index (Phi) is 7.91. The van der Waals surface area contributed by atoms with E-state index in [4.69, 9.17) is 9.47 Å². The van der Waals surface area contributed by atoms with Gasteiger partial charge in [0.1, 0.15) is 6.04 Å². The molecule has 0 aliphatic carbocycles. The fourth-order valence-corrected chi connectivity index (χ4v) is 2.28. The van der Waals surface area contributed by atoms with Crippen molar-refractivity contribution in [2.24, 2.45) is 5.92 Å². The van der Waals surface area contributed by atoms with Crippen LogP contribution in [-0.4, -0.2) is 45.2 Å². The zero-order valence-electron chi connectivity index (χ0n) is 14.3. The molecule has 7 nitrogen and oxygen atoms in total. The Balaban J connectivity index is 2.90. The third kappa shape index (κ3) is 5.34. The number of benzene rings is 1. The van der Waals surface area contributed by atoms with Crippen LogP contribution in [0.3, 0.4) is 0 Å². The molecule has 24 heavy (non-hydrogen) atoms. The maximum atomic E-state index is 12.5. The zero-order valence-corrected chi connectivity index (χ0v) is 14.3. The van der Waals surface area contributed by atoms with Crippen LogP contribution in [0.15, 0.2) is 30.3 Å². The number of rotatable bonds is 8. The van der Waals surface area contributed by atoms with Gasteiger partial charge < -0.3 is 19.5 Å². The molecule has 0 saturated carbocycles. The summed E-state index contributed by atoms with van der Waals surface area (Å²) in [5, 5.41) is 2.60. The van der Waals surface area contributed by atoms with Gasteiger partial charge in [-0.05, 0) is 11.5 Å². The first-order valence-corrected chi connectivity index (χ1v) is 7.47. The first-order valence-electron chi connectivity index (χ1n) is 7.47. The van der Waals surface area contributed by atoms with Crippen LogP contribution in [0.5, 0.6) is 0 Å². The lowest BCUT2D eigenvalue weighted by Crippen LogP contribution is -2.48. The molecule has 0 heterocycles. The lowest BCUT2D eigenvalue weighted by molar-refractivity contribution is -0.150. The van der Waals surface area contributed by atoms with Crippen LogP contribution in [0.4, 0.5) is 0 Å². The molecule has 0 radical (unpaired) electrons. The number of carbonyl (C=O) groups is 3. The molecule has 0 aliphatic heterocycles. The van der Waals surface area contributed by atoms with Crippen LogP contribution in [0.2, 0.25) is 0 Å². The molecule has 0 bridgehead atoms. The van der Waals surface area contributed by atoms with Gasteiger partial charge in [-0.25, -0.2) is 4.79 Å². The highest BCUT2D eigenvalue weighted by atomic mass is 16.5. The second-order valence-electron chi connectivity index (χ2n) is 5.29. The summed E-state index contributed by atoms with van der Waals surface area (Å²) in [5.74, 6) is -2.10. The van der Waals surface area contributed by atoms with Crippen LogP contribution < -0.4 is 5.32 Å². The minimum Gasteiger partial charge on any atom is -0.469 e. The number of nitrogens with one attached hydrogen (secondary N) is 1. The van der Waals surface area contributed by atoms with Gasteiger partial charge in [0.15, 0.2) is 6.10 Å². The van der Waals surface area contributed by atoms with E-state index < -0.39 is 35.9 Å². The number of ether oxygens (including phenoxy) is 3. The molecule has 132 valence electrons. The van der Waals surface area contributed by atoms with Crippen LogP contribution in [0, 0.1) is 5.92 Å². The van der Waals surface area contributed by atoms with Gasteiger partial charge in [0.25, 0.3) is 5.91 Å². The Hall–Kier alpha value is -2.41. The molecular formula is C17H23NO6. The summed E-state index contributed by atoms with van der Waals surface area (Å²) in [5.41, 5.74) is 0.654. The van der Waals surface area contributed by atoms with Crippen molar-refractivity contribution in [2.45, 2.75) is 25.5 Å². The Morgan fingerprint density at radius 2 is 1.67 bits per heavy atom. The molecule has 1 N–H and O–H groups in total. The Bertz CT molecular complexity index is 559. The lowest BCUT2D eigenvalue weighted by atomic mass is 9.97. The minimum atomic E-state index is -0.983. The predicted octanol–water partition coefficient (Wildman–Crippen LogP) is 1.23. The van der Waals surface area contributed by atoms with Crippen molar-refractivity contribution in [3.8, 4) is 0 Å². The third-order valence-electron chi connectivity index (χ3n) is 3.61. The molecule has 7 heteroatoms. The minimum absolute atomic E-state index is 0.0282. The van der Waals surface area contributed by atoms with Crippen LogP contribution >= 0.6 is 0 Å². The molecular weight excluding hydrogens is 314 g/mol. The quantitative estimate of drug-likeness (QED) is 0.718. The standard InChI is InChI=1S/C17H23NO6/c1-11(10-13(19)22-2)14(17(21)24-4)18-16(20)15(23-3)12-8-6-5-7-9-12/h5-9,11,14-15H,10H2,1-4H3,(H,18,20)/t11-,14-,15+/m0/s1. The van der Waals surface area contributed by atoms with Crippen LogP contribution in [0.1, 0.15) is 25.0 Å². The Morgan fingerprint density at radius 3 is 2.17 bits per heavy atom. The van der Waals surface area contributed by atoms with Crippen LogP contribution in [-0.2, 0) is 28.6 Å². The number of esters is 2. The number of hydrogen-bond donors (Lipinski definition) is 1. The van der Waals surface area contributed by atoms with E-state index in [0.717, 1.165) is 0 Å². The molecule has 3 atom stereocenters. The molecule has 0 aromatic heterocycles. The smallest absolute Gasteiger partial charge is 0.328 e. The summed E-state index contributed by atoms with van der Waals surface area (Å²) >= 11 is 0. The van der Waals surface area contributed by atoms with Gasteiger partial charge in [0, 0.05) is 7.11 Å². The fourth-order valence-electron chi connectivity index (χ4n) is 2.28. The maximum absolute atomic E-state index is 12.5. The van der Waals surface area contributed by atoms with Crippen molar-refractivity contribution < 1.29 is 28.6 Å². The summed E-state index contributed by atoms with van der Waals surface area (Å²) in [4.78, 5) is 35.9. The number of amides is 1. The summed E-state index contributed by atoms with van der Waals surface area (Å²) in [6, 6.07) is 7.91. The van der Waals surface area contributed by atoms with Gasteiger partial charge in [-0.15, -0.1) is 0 Å². The molecule has 0 unspecified atom stereocenters. The summed E-state index contributed by atoms with van der Waals surface area (Å²) in [6.07, 6.45) is -0.900. The molecule has 1 rings (SSSR count). The second kappa shape index (κ2) is 9.67. The Morgan fingerprint density at radius 1 is 1.04 bits per heavy atom. The lowest BCUT2D eigenvalue weighted by Gasteiger charge is -2.24. The largest absolute Gasteiger partial charge is 0.469 e. The van der Waals surface area contributed by atoms with Gasteiger partial charge >= 0.3 is 11.9 Å². The first kappa shape index (κ1) is 19.6.